The minimum atomic E-state index is 0.104. The smallest absolute Gasteiger partial charge is 0.227 e. The Kier molecular flexibility index (Phi) is 3.69. The molecule has 1 atom stereocenters. The summed E-state index contributed by atoms with van der Waals surface area (Å²) in [5.74, 6) is 0.104. The third-order valence-electron chi connectivity index (χ3n) is 3.58. The Morgan fingerprint density at radius 1 is 1.30 bits per heavy atom. The van der Waals surface area contributed by atoms with Crippen molar-refractivity contribution >= 4 is 17.5 Å². The Morgan fingerprint density at radius 2 is 2.05 bits per heavy atom. The van der Waals surface area contributed by atoms with Crippen molar-refractivity contribution in [2.45, 2.75) is 18.9 Å². The molecule has 0 N–H and O–H groups in total. The van der Waals surface area contributed by atoms with Gasteiger partial charge in [-0.3, -0.25) is 4.79 Å². The fraction of sp³-hybridized carbons (Fsp3) is 0.357. The van der Waals surface area contributed by atoms with Crippen molar-refractivity contribution in [3.63, 3.8) is 0 Å². The van der Waals surface area contributed by atoms with E-state index in [0.29, 0.717) is 18.0 Å². The topological polar surface area (TPSA) is 51.0 Å². The zero-order valence-electron chi connectivity index (χ0n) is 10.9. The molecule has 0 aliphatic carbocycles. The molecule has 1 amide bonds. The van der Waals surface area contributed by atoms with E-state index in [2.05, 4.69) is 10.2 Å². The molecule has 2 heterocycles. The average Bonchev–Trinajstić information content (AvgIpc) is 3.11. The maximum atomic E-state index is 12.3. The van der Waals surface area contributed by atoms with Gasteiger partial charge in [0, 0.05) is 18.1 Å². The molecule has 2 aromatic rings. The van der Waals surface area contributed by atoms with Crippen LogP contribution in [0.5, 0.6) is 0 Å². The highest BCUT2D eigenvalue weighted by atomic mass is 35.5. The van der Waals surface area contributed by atoms with Gasteiger partial charge in [-0.05, 0) is 18.1 Å². The van der Waals surface area contributed by atoms with Gasteiger partial charge < -0.3 is 4.90 Å². The van der Waals surface area contributed by atoms with E-state index in [1.165, 1.54) is 0 Å². The highest BCUT2D eigenvalue weighted by molar-refractivity contribution is 6.31. The molecule has 1 aromatic carbocycles. The number of halogens is 1. The van der Waals surface area contributed by atoms with Crippen molar-refractivity contribution < 1.29 is 4.79 Å². The summed E-state index contributed by atoms with van der Waals surface area (Å²) in [5.41, 5.74) is 0.875. The van der Waals surface area contributed by atoms with Gasteiger partial charge >= 0.3 is 0 Å². The van der Waals surface area contributed by atoms with Crippen molar-refractivity contribution in [3.8, 4) is 0 Å². The number of hydrogen-bond acceptors (Lipinski definition) is 3. The lowest BCUT2D eigenvalue weighted by molar-refractivity contribution is -0.129. The van der Waals surface area contributed by atoms with Crippen LogP contribution in [0.15, 0.2) is 36.7 Å². The summed E-state index contributed by atoms with van der Waals surface area (Å²) in [5, 5.41) is 8.92. The molecule has 20 heavy (non-hydrogen) atoms. The van der Waals surface area contributed by atoms with Crippen LogP contribution in [0.2, 0.25) is 5.02 Å². The van der Waals surface area contributed by atoms with E-state index in [9.17, 15) is 4.79 Å². The molecule has 6 heteroatoms. The number of amides is 1. The second-order valence-electron chi connectivity index (χ2n) is 4.90. The summed E-state index contributed by atoms with van der Waals surface area (Å²) in [6, 6.07) is 7.65. The molecule has 0 saturated carbocycles. The van der Waals surface area contributed by atoms with E-state index < -0.39 is 0 Å². The first kappa shape index (κ1) is 13.1. The number of rotatable bonds is 3. The van der Waals surface area contributed by atoms with Crippen LogP contribution >= 0.6 is 11.6 Å². The van der Waals surface area contributed by atoms with Gasteiger partial charge in [0.05, 0.1) is 24.9 Å². The van der Waals surface area contributed by atoms with Gasteiger partial charge in [0.1, 0.15) is 0 Å². The number of carbonyl (C=O) groups excluding carboxylic acids is 1. The molecule has 0 spiro atoms. The summed E-state index contributed by atoms with van der Waals surface area (Å²) < 4.78 is 0. The van der Waals surface area contributed by atoms with Gasteiger partial charge in [0.2, 0.25) is 5.91 Å². The van der Waals surface area contributed by atoms with Gasteiger partial charge in [0.15, 0.2) is 0 Å². The fourth-order valence-corrected chi connectivity index (χ4v) is 2.69. The van der Waals surface area contributed by atoms with Crippen molar-refractivity contribution in [3.05, 3.63) is 47.2 Å². The minimum absolute atomic E-state index is 0.104. The van der Waals surface area contributed by atoms with Crippen LogP contribution in [0.4, 0.5) is 0 Å². The Labute approximate surface area is 122 Å². The number of hydrogen-bond donors (Lipinski definition) is 0. The first-order valence-electron chi connectivity index (χ1n) is 6.61. The molecule has 1 aromatic heterocycles. The number of likely N-dealkylation sites (tertiary alicyclic amines) is 1. The largest absolute Gasteiger partial charge is 0.340 e. The van der Waals surface area contributed by atoms with Crippen LogP contribution in [0.25, 0.3) is 0 Å². The number of benzene rings is 1. The van der Waals surface area contributed by atoms with Crippen LogP contribution in [-0.2, 0) is 11.2 Å². The van der Waals surface area contributed by atoms with Gasteiger partial charge in [-0.2, -0.15) is 15.0 Å². The normalized spacial score (nSPS) is 18.4. The maximum absolute atomic E-state index is 12.3. The van der Waals surface area contributed by atoms with Crippen LogP contribution in [0.3, 0.4) is 0 Å². The van der Waals surface area contributed by atoms with Gasteiger partial charge in [-0.1, -0.05) is 29.8 Å². The Balaban J connectivity index is 1.63. The summed E-state index contributed by atoms with van der Waals surface area (Å²) in [6.45, 7) is 1.41. The molecule has 3 rings (SSSR count). The van der Waals surface area contributed by atoms with Gasteiger partial charge in [-0.25, -0.2) is 0 Å². The third kappa shape index (κ3) is 2.67. The molecule has 0 unspecified atom stereocenters. The van der Waals surface area contributed by atoms with Crippen molar-refractivity contribution in [1.82, 2.24) is 19.9 Å². The van der Waals surface area contributed by atoms with E-state index in [1.54, 1.807) is 17.2 Å². The fourth-order valence-electron chi connectivity index (χ4n) is 2.49. The zero-order chi connectivity index (χ0) is 13.9. The minimum Gasteiger partial charge on any atom is -0.340 e. The second kappa shape index (κ2) is 5.63. The molecular formula is C14H15ClN4O. The van der Waals surface area contributed by atoms with Crippen molar-refractivity contribution in [2.24, 2.45) is 0 Å². The summed E-state index contributed by atoms with van der Waals surface area (Å²) in [4.78, 5) is 15.8. The predicted molar refractivity (Wildman–Crippen MR) is 75.4 cm³/mol. The molecule has 104 valence electrons. The van der Waals surface area contributed by atoms with Crippen molar-refractivity contribution in [1.29, 1.82) is 0 Å². The SMILES string of the molecule is O=C(Cc1ccccc1Cl)N1CC[C@@H](n2nccn2)C1. The lowest BCUT2D eigenvalue weighted by Crippen LogP contribution is -2.30. The van der Waals surface area contributed by atoms with Crippen molar-refractivity contribution in [2.75, 3.05) is 13.1 Å². The third-order valence-corrected chi connectivity index (χ3v) is 3.95. The van der Waals surface area contributed by atoms with Crippen LogP contribution in [-0.4, -0.2) is 38.9 Å². The van der Waals surface area contributed by atoms with Gasteiger partial charge in [-0.15, -0.1) is 0 Å². The number of nitrogens with zero attached hydrogens (tertiary/aromatic N) is 4. The van der Waals surface area contributed by atoms with Crippen LogP contribution in [0, 0.1) is 0 Å². The quantitative estimate of drug-likeness (QED) is 0.868. The average molecular weight is 291 g/mol. The number of aromatic nitrogens is 3. The summed E-state index contributed by atoms with van der Waals surface area (Å²) in [7, 11) is 0. The second-order valence-corrected chi connectivity index (χ2v) is 5.31. The Hall–Kier alpha value is -1.88. The molecule has 1 aliphatic heterocycles. The van der Waals surface area contributed by atoms with Gasteiger partial charge in [0.25, 0.3) is 0 Å². The highest BCUT2D eigenvalue weighted by Gasteiger charge is 2.28. The van der Waals surface area contributed by atoms with E-state index in [4.69, 9.17) is 11.6 Å². The Morgan fingerprint density at radius 3 is 2.80 bits per heavy atom. The first-order valence-corrected chi connectivity index (χ1v) is 6.99. The monoisotopic (exact) mass is 290 g/mol. The van der Waals surface area contributed by atoms with Crippen LogP contribution in [0.1, 0.15) is 18.0 Å². The van der Waals surface area contributed by atoms with E-state index in [1.807, 2.05) is 29.2 Å². The molecule has 0 radical (unpaired) electrons. The molecule has 1 aliphatic rings. The molecule has 0 bridgehead atoms. The van der Waals surface area contributed by atoms with E-state index in [0.717, 1.165) is 18.5 Å². The van der Waals surface area contributed by atoms with E-state index in [-0.39, 0.29) is 11.9 Å². The molecule has 1 saturated heterocycles. The lowest BCUT2D eigenvalue weighted by Gasteiger charge is -2.16. The summed E-state index contributed by atoms with van der Waals surface area (Å²) in [6.07, 6.45) is 4.56. The molecule has 1 fully saturated rings. The maximum Gasteiger partial charge on any atom is 0.227 e. The Bertz CT molecular complexity index is 599. The summed E-state index contributed by atoms with van der Waals surface area (Å²) >= 11 is 6.09. The molecular weight excluding hydrogens is 276 g/mol. The zero-order valence-corrected chi connectivity index (χ0v) is 11.7. The molecule has 5 nitrogen and oxygen atoms in total. The van der Waals surface area contributed by atoms with E-state index >= 15 is 0 Å². The lowest BCUT2D eigenvalue weighted by atomic mass is 10.1. The number of carbonyl (C=O) groups is 1. The van der Waals surface area contributed by atoms with Crippen LogP contribution < -0.4 is 0 Å². The standard InChI is InChI=1S/C14H15ClN4O/c15-13-4-2-1-3-11(13)9-14(20)18-8-5-12(10-18)19-16-6-7-17-19/h1-4,6-7,12H,5,8-10H2/t12-/m1/s1. The highest BCUT2D eigenvalue weighted by Crippen LogP contribution is 2.22. The predicted octanol–water partition coefficient (Wildman–Crippen LogP) is 1.95. The first-order chi connectivity index (χ1) is 9.74.